The second kappa shape index (κ2) is 5.71. The van der Waals surface area contributed by atoms with Gasteiger partial charge in [0, 0.05) is 42.8 Å². The number of nitrogens with one attached hydrogen (secondary N) is 1. The molecule has 8 nitrogen and oxygen atoms in total. The zero-order valence-corrected chi connectivity index (χ0v) is 11.9. The smallest absolute Gasteiger partial charge is 0.329 e. The van der Waals surface area contributed by atoms with E-state index >= 15 is 0 Å². The first kappa shape index (κ1) is 14.7. The minimum absolute atomic E-state index is 0.0532. The van der Waals surface area contributed by atoms with Gasteiger partial charge in [0.15, 0.2) is 0 Å². The van der Waals surface area contributed by atoms with Crippen molar-refractivity contribution < 1.29 is 19.6 Å². The first-order valence-corrected chi connectivity index (χ1v) is 6.63. The highest BCUT2D eigenvalue weighted by Crippen LogP contribution is 2.31. The predicted molar refractivity (Wildman–Crippen MR) is 72.6 cm³/mol. The average Bonchev–Trinajstić information content (AvgIpc) is 2.41. The molecule has 1 saturated heterocycles. The van der Waals surface area contributed by atoms with E-state index in [-0.39, 0.29) is 37.6 Å². The third-order valence-electron chi connectivity index (χ3n) is 3.14. The lowest BCUT2D eigenvalue weighted by atomic mass is 9.90. The maximum absolute atomic E-state index is 11.5. The summed E-state index contributed by atoms with van der Waals surface area (Å²) >= 11 is 3.10. The number of aromatic nitrogens is 1. The van der Waals surface area contributed by atoms with Gasteiger partial charge in [0.1, 0.15) is 5.54 Å². The van der Waals surface area contributed by atoms with Crippen LogP contribution in [-0.2, 0) is 9.53 Å². The number of carboxylic acids is 1. The summed E-state index contributed by atoms with van der Waals surface area (Å²) in [5, 5.41) is 23.1. The van der Waals surface area contributed by atoms with Crippen LogP contribution >= 0.6 is 15.9 Å². The molecule has 1 aliphatic rings. The lowest BCUT2D eigenvalue weighted by molar-refractivity contribution is -0.384. The third-order valence-corrected chi connectivity index (χ3v) is 3.58. The van der Waals surface area contributed by atoms with Gasteiger partial charge >= 0.3 is 11.7 Å². The van der Waals surface area contributed by atoms with E-state index in [1.165, 1.54) is 12.3 Å². The fourth-order valence-corrected chi connectivity index (χ4v) is 2.32. The fraction of sp³-hybridized carbons (Fsp3) is 0.455. The second-order valence-electron chi connectivity index (χ2n) is 4.40. The highest BCUT2D eigenvalue weighted by atomic mass is 79.9. The minimum atomic E-state index is -1.29. The number of nitrogens with zero attached hydrogens (tertiary/aromatic N) is 2. The van der Waals surface area contributed by atoms with Crippen LogP contribution in [0.15, 0.2) is 16.7 Å². The number of halogens is 1. The molecule has 0 aromatic carbocycles. The van der Waals surface area contributed by atoms with Crippen molar-refractivity contribution in [1.82, 2.24) is 4.98 Å². The molecule has 2 heterocycles. The summed E-state index contributed by atoms with van der Waals surface area (Å²) in [6.45, 7) is 0.563. The van der Waals surface area contributed by atoms with Crippen molar-refractivity contribution in [2.75, 3.05) is 18.5 Å². The molecule has 0 radical (unpaired) electrons. The maximum atomic E-state index is 11.5. The standard InChI is InChI=1S/C11H12BrN3O5/c12-7-5-8(15(18)19)9(13-6-7)14-11(10(16)17)1-3-20-4-2-11/h5-6H,1-4H2,(H,13,14)(H,16,17). The highest BCUT2D eigenvalue weighted by Gasteiger charge is 2.41. The molecule has 0 bridgehead atoms. The van der Waals surface area contributed by atoms with Gasteiger partial charge in [0.25, 0.3) is 0 Å². The van der Waals surface area contributed by atoms with Crippen LogP contribution in [0.3, 0.4) is 0 Å². The SMILES string of the molecule is O=C(O)C1(Nc2ncc(Br)cc2[N+](=O)[O-])CCOCC1. The summed E-state index contributed by atoms with van der Waals surface area (Å²) in [6, 6.07) is 1.28. The van der Waals surface area contributed by atoms with Crippen molar-refractivity contribution in [3.05, 3.63) is 26.9 Å². The van der Waals surface area contributed by atoms with Crippen LogP contribution in [0.1, 0.15) is 12.8 Å². The van der Waals surface area contributed by atoms with E-state index in [9.17, 15) is 20.0 Å². The molecule has 1 aromatic rings. The van der Waals surface area contributed by atoms with Crippen molar-refractivity contribution in [3.8, 4) is 0 Å². The van der Waals surface area contributed by atoms with E-state index in [1.807, 2.05) is 0 Å². The van der Waals surface area contributed by atoms with Gasteiger partial charge in [-0.2, -0.15) is 0 Å². The van der Waals surface area contributed by atoms with E-state index < -0.39 is 16.4 Å². The molecule has 0 aliphatic carbocycles. The Labute approximate surface area is 122 Å². The fourth-order valence-electron chi connectivity index (χ4n) is 2.00. The lowest BCUT2D eigenvalue weighted by Gasteiger charge is -2.34. The van der Waals surface area contributed by atoms with E-state index in [0.717, 1.165) is 0 Å². The van der Waals surface area contributed by atoms with Crippen LogP contribution in [0.2, 0.25) is 0 Å². The molecular weight excluding hydrogens is 334 g/mol. The van der Waals surface area contributed by atoms with Crippen molar-refractivity contribution in [2.24, 2.45) is 0 Å². The molecule has 2 rings (SSSR count). The van der Waals surface area contributed by atoms with Crippen LogP contribution < -0.4 is 5.32 Å². The van der Waals surface area contributed by atoms with Gasteiger partial charge in [0.05, 0.1) is 4.92 Å². The van der Waals surface area contributed by atoms with E-state index in [1.54, 1.807) is 0 Å². The summed E-state index contributed by atoms with van der Waals surface area (Å²) in [4.78, 5) is 25.8. The quantitative estimate of drug-likeness (QED) is 0.631. The number of rotatable bonds is 4. The van der Waals surface area contributed by atoms with E-state index in [4.69, 9.17) is 4.74 Å². The number of hydrogen-bond acceptors (Lipinski definition) is 6. The van der Waals surface area contributed by atoms with Crippen molar-refractivity contribution in [1.29, 1.82) is 0 Å². The first-order valence-electron chi connectivity index (χ1n) is 5.84. The van der Waals surface area contributed by atoms with E-state index in [0.29, 0.717) is 4.47 Å². The molecule has 20 heavy (non-hydrogen) atoms. The van der Waals surface area contributed by atoms with Gasteiger partial charge in [-0.25, -0.2) is 9.78 Å². The lowest BCUT2D eigenvalue weighted by Crippen LogP contribution is -2.50. The Morgan fingerprint density at radius 1 is 1.55 bits per heavy atom. The van der Waals surface area contributed by atoms with Gasteiger partial charge in [-0.15, -0.1) is 0 Å². The molecule has 1 aromatic heterocycles. The zero-order chi connectivity index (χ0) is 14.8. The number of ether oxygens (including phenoxy) is 1. The van der Waals surface area contributed by atoms with Gasteiger partial charge in [-0.1, -0.05) is 0 Å². The molecule has 108 valence electrons. The first-order chi connectivity index (χ1) is 9.44. The summed E-state index contributed by atoms with van der Waals surface area (Å²) in [5.74, 6) is -1.12. The van der Waals surface area contributed by atoms with Crippen LogP contribution in [0.25, 0.3) is 0 Å². The Bertz CT molecular complexity index is 545. The van der Waals surface area contributed by atoms with Crippen LogP contribution in [-0.4, -0.2) is 39.7 Å². The number of nitro groups is 1. The monoisotopic (exact) mass is 345 g/mol. The average molecular weight is 346 g/mol. The van der Waals surface area contributed by atoms with Crippen molar-refractivity contribution >= 4 is 33.4 Å². The summed E-state index contributed by atoms with van der Waals surface area (Å²) in [7, 11) is 0. The topological polar surface area (TPSA) is 115 Å². The molecule has 9 heteroatoms. The Morgan fingerprint density at radius 2 is 2.20 bits per heavy atom. The molecule has 1 fully saturated rings. The highest BCUT2D eigenvalue weighted by molar-refractivity contribution is 9.10. The Hall–Kier alpha value is -1.74. The molecule has 0 saturated carbocycles. The van der Waals surface area contributed by atoms with Gasteiger partial charge in [-0.3, -0.25) is 10.1 Å². The number of aliphatic carboxylic acids is 1. The summed E-state index contributed by atoms with van der Waals surface area (Å²) in [6.07, 6.45) is 1.82. The van der Waals surface area contributed by atoms with Gasteiger partial charge in [0.2, 0.25) is 5.82 Å². The molecule has 0 unspecified atom stereocenters. The minimum Gasteiger partial charge on any atom is -0.480 e. The number of carboxylic acid groups (broad SMARTS) is 1. The van der Waals surface area contributed by atoms with E-state index in [2.05, 4.69) is 26.2 Å². The van der Waals surface area contributed by atoms with Crippen LogP contribution in [0.5, 0.6) is 0 Å². The van der Waals surface area contributed by atoms with Gasteiger partial charge < -0.3 is 15.2 Å². The Kier molecular flexibility index (Phi) is 4.19. The normalized spacial score (nSPS) is 17.4. The zero-order valence-electron chi connectivity index (χ0n) is 10.3. The largest absolute Gasteiger partial charge is 0.480 e. The molecule has 0 atom stereocenters. The molecule has 2 N–H and O–H groups in total. The molecular formula is C11H12BrN3O5. The van der Waals surface area contributed by atoms with Gasteiger partial charge in [-0.05, 0) is 15.9 Å². The van der Waals surface area contributed by atoms with Crippen molar-refractivity contribution in [3.63, 3.8) is 0 Å². The predicted octanol–water partition coefficient (Wildman–Crippen LogP) is 1.80. The van der Waals surface area contributed by atoms with Crippen LogP contribution in [0, 0.1) is 10.1 Å². The summed E-state index contributed by atoms with van der Waals surface area (Å²) < 4.78 is 5.59. The Morgan fingerprint density at radius 3 is 2.75 bits per heavy atom. The maximum Gasteiger partial charge on any atom is 0.329 e. The molecule has 0 spiro atoms. The summed E-state index contributed by atoms with van der Waals surface area (Å²) in [5.41, 5.74) is -1.56. The second-order valence-corrected chi connectivity index (χ2v) is 5.32. The molecule has 1 aliphatic heterocycles. The van der Waals surface area contributed by atoms with Crippen LogP contribution in [0.4, 0.5) is 11.5 Å². The number of anilines is 1. The Balaban J connectivity index is 2.36. The third kappa shape index (κ3) is 2.88. The molecule has 0 amide bonds. The van der Waals surface area contributed by atoms with Crippen molar-refractivity contribution in [2.45, 2.75) is 18.4 Å². The number of hydrogen-bond donors (Lipinski definition) is 2. The number of pyridine rings is 1. The number of carbonyl (C=O) groups is 1.